The fourth-order valence-corrected chi connectivity index (χ4v) is 2.84. The van der Waals surface area contributed by atoms with Crippen LogP contribution in [-0.2, 0) is 4.74 Å². The third-order valence-corrected chi connectivity index (χ3v) is 4.07. The number of ether oxygens (including phenoxy) is 1. The summed E-state index contributed by atoms with van der Waals surface area (Å²) in [7, 11) is 0. The lowest BCUT2D eigenvalue weighted by Gasteiger charge is -2.21. The van der Waals surface area contributed by atoms with E-state index in [9.17, 15) is 0 Å². The van der Waals surface area contributed by atoms with E-state index in [1.807, 2.05) is 0 Å². The van der Waals surface area contributed by atoms with Gasteiger partial charge in [-0.05, 0) is 38.1 Å². The monoisotopic (exact) mass is 255 g/mol. The van der Waals surface area contributed by atoms with E-state index in [4.69, 9.17) is 10.5 Å². The fourth-order valence-electron chi connectivity index (χ4n) is 2.84. The molecule has 0 aromatic heterocycles. The first-order valence-corrected chi connectivity index (χ1v) is 8.21. The molecule has 0 radical (unpaired) electrons. The summed E-state index contributed by atoms with van der Waals surface area (Å²) >= 11 is 0. The van der Waals surface area contributed by atoms with E-state index in [-0.39, 0.29) is 0 Å². The summed E-state index contributed by atoms with van der Waals surface area (Å²) in [6.45, 7) is 2.87. The molecule has 1 rings (SSSR count). The lowest BCUT2D eigenvalue weighted by atomic mass is 9.90. The number of hydrogen-bond donors (Lipinski definition) is 1. The van der Waals surface area contributed by atoms with Gasteiger partial charge in [0.05, 0.1) is 0 Å². The van der Waals surface area contributed by atoms with Crippen LogP contribution in [-0.4, -0.2) is 19.8 Å². The first kappa shape index (κ1) is 16.0. The molecule has 18 heavy (non-hydrogen) atoms. The summed E-state index contributed by atoms with van der Waals surface area (Å²) in [5.74, 6) is 0.870. The van der Waals surface area contributed by atoms with Crippen molar-refractivity contribution in [3.05, 3.63) is 0 Å². The van der Waals surface area contributed by atoms with Gasteiger partial charge in [-0.1, -0.05) is 51.4 Å². The Kier molecular flexibility index (Phi) is 10.6. The van der Waals surface area contributed by atoms with Gasteiger partial charge in [-0.25, -0.2) is 0 Å². The van der Waals surface area contributed by atoms with Crippen molar-refractivity contribution in [1.82, 2.24) is 0 Å². The number of hydrogen-bond acceptors (Lipinski definition) is 2. The van der Waals surface area contributed by atoms with Crippen LogP contribution in [0.5, 0.6) is 0 Å². The predicted octanol–water partition coefficient (Wildman–Crippen LogP) is 4.27. The van der Waals surface area contributed by atoms with E-state index >= 15 is 0 Å². The van der Waals surface area contributed by atoms with Crippen molar-refractivity contribution in [2.24, 2.45) is 11.7 Å². The molecule has 0 aliphatic heterocycles. The van der Waals surface area contributed by atoms with Crippen molar-refractivity contribution in [2.75, 3.05) is 19.8 Å². The van der Waals surface area contributed by atoms with Crippen molar-refractivity contribution in [1.29, 1.82) is 0 Å². The summed E-state index contributed by atoms with van der Waals surface area (Å²) in [6, 6.07) is 0. The lowest BCUT2D eigenvalue weighted by Crippen LogP contribution is -2.13. The molecule has 1 saturated carbocycles. The Bertz CT molecular complexity index is 166. The minimum atomic E-state index is 0.856. The average molecular weight is 255 g/mol. The maximum absolute atomic E-state index is 5.80. The molecule has 1 aliphatic rings. The van der Waals surface area contributed by atoms with Crippen molar-refractivity contribution >= 4 is 0 Å². The summed E-state index contributed by atoms with van der Waals surface area (Å²) in [5.41, 5.74) is 5.47. The van der Waals surface area contributed by atoms with Gasteiger partial charge in [-0.2, -0.15) is 0 Å². The Balaban J connectivity index is 1.73. The molecule has 0 amide bonds. The third kappa shape index (κ3) is 8.93. The zero-order valence-corrected chi connectivity index (χ0v) is 12.2. The van der Waals surface area contributed by atoms with Crippen LogP contribution < -0.4 is 5.73 Å². The van der Waals surface area contributed by atoms with Crippen LogP contribution in [0, 0.1) is 5.92 Å². The van der Waals surface area contributed by atoms with Gasteiger partial charge in [0.2, 0.25) is 0 Å². The lowest BCUT2D eigenvalue weighted by molar-refractivity contribution is 0.0824. The molecule has 2 N–H and O–H groups in total. The fraction of sp³-hybridized carbons (Fsp3) is 1.00. The molecule has 2 nitrogen and oxygen atoms in total. The minimum Gasteiger partial charge on any atom is -0.381 e. The Hall–Kier alpha value is -0.0800. The molecule has 0 spiro atoms. The van der Waals surface area contributed by atoms with Crippen LogP contribution in [0.3, 0.4) is 0 Å². The third-order valence-electron chi connectivity index (χ3n) is 4.07. The van der Waals surface area contributed by atoms with Gasteiger partial charge < -0.3 is 10.5 Å². The van der Waals surface area contributed by atoms with Crippen molar-refractivity contribution < 1.29 is 4.74 Å². The molecule has 2 heteroatoms. The molecule has 0 aromatic rings. The maximum Gasteiger partial charge on any atom is 0.0494 e. The standard InChI is InChI=1S/C16H33NO/c17-13-9-4-2-1-3-5-10-14-18-15-16-11-7-6-8-12-16/h16H,1-15,17H2. The zero-order valence-electron chi connectivity index (χ0n) is 12.2. The molecule has 0 heterocycles. The Morgan fingerprint density at radius 1 is 0.778 bits per heavy atom. The second-order valence-electron chi connectivity index (χ2n) is 5.84. The van der Waals surface area contributed by atoms with Gasteiger partial charge in [0.1, 0.15) is 0 Å². The predicted molar refractivity (Wildman–Crippen MR) is 78.8 cm³/mol. The Labute approximate surface area is 114 Å². The first-order chi connectivity index (χ1) is 8.93. The maximum atomic E-state index is 5.80. The van der Waals surface area contributed by atoms with Crippen LogP contribution in [0.2, 0.25) is 0 Å². The van der Waals surface area contributed by atoms with Crippen LogP contribution in [0.15, 0.2) is 0 Å². The van der Waals surface area contributed by atoms with E-state index in [2.05, 4.69) is 0 Å². The number of nitrogens with two attached hydrogens (primary N) is 1. The van der Waals surface area contributed by atoms with Crippen molar-refractivity contribution in [3.8, 4) is 0 Å². The largest absolute Gasteiger partial charge is 0.381 e. The molecule has 0 saturated heterocycles. The van der Waals surface area contributed by atoms with E-state index in [0.29, 0.717) is 0 Å². The van der Waals surface area contributed by atoms with Gasteiger partial charge in [0.15, 0.2) is 0 Å². The van der Waals surface area contributed by atoms with Gasteiger partial charge in [-0.3, -0.25) is 0 Å². The normalized spacial score (nSPS) is 17.2. The number of unbranched alkanes of at least 4 members (excludes halogenated alkanes) is 6. The summed E-state index contributed by atoms with van der Waals surface area (Å²) in [5, 5.41) is 0. The molecule has 1 aliphatic carbocycles. The summed E-state index contributed by atoms with van der Waals surface area (Å²) in [6.07, 6.45) is 16.3. The van der Waals surface area contributed by atoms with Gasteiger partial charge in [0.25, 0.3) is 0 Å². The molecule has 0 unspecified atom stereocenters. The minimum absolute atomic E-state index is 0.856. The molecular weight excluding hydrogens is 222 g/mol. The highest BCUT2D eigenvalue weighted by molar-refractivity contribution is 4.64. The van der Waals surface area contributed by atoms with E-state index in [1.54, 1.807) is 0 Å². The molecule has 108 valence electrons. The molecule has 0 aromatic carbocycles. The quantitative estimate of drug-likeness (QED) is 0.559. The molecule has 0 bridgehead atoms. The molecule has 1 fully saturated rings. The van der Waals surface area contributed by atoms with Crippen molar-refractivity contribution in [2.45, 2.75) is 77.0 Å². The van der Waals surface area contributed by atoms with E-state index < -0.39 is 0 Å². The van der Waals surface area contributed by atoms with Crippen LogP contribution in [0.1, 0.15) is 77.0 Å². The van der Waals surface area contributed by atoms with Gasteiger partial charge >= 0.3 is 0 Å². The van der Waals surface area contributed by atoms with Crippen LogP contribution >= 0.6 is 0 Å². The van der Waals surface area contributed by atoms with Crippen LogP contribution in [0.4, 0.5) is 0 Å². The highest BCUT2D eigenvalue weighted by Gasteiger charge is 2.12. The Morgan fingerprint density at radius 2 is 1.39 bits per heavy atom. The van der Waals surface area contributed by atoms with Gasteiger partial charge in [0, 0.05) is 13.2 Å². The second kappa shape index (κ2) is 12.0. The van der Waals surface area contributed by atoms with Gasteiger partial charge in [-0.15, -0.1) is 0 Å². The van der Waals surface area contributed by atoms with E-state index in [0.717, 1.165) is 25.7 Å². The number of rotatable bonds is 11. The highest BCUT2D eigenvalue weighted by atomic mass is 16.5. The van der Waals surface area contributed by atoms with Crippen LogP contribution in [0.25, 0.3) is 0 Å². The average Bonchev–Trinajstić information content (AvgIpc) is 2.42. The molecular formula is C16H33NO. The second-order valence-corrected chi connectivity index (χ2v) is 5.84. The topological polar surface area (TPSA) is 35.2 Å². The Morgan fingerprint density at radius 3 is 2.06 bits per heavy atom. The summed E-state index contributed by atoms with van der Waals surface area (Å²) in [4.78, 5) is 0. The zero-order chi connectivity index (χ0) is 12.9. The van der Waals surface area contributed by atoms with Crippen molar-refractivity contribution in [3.63, 3.8) is 0 Å². The summed E-state index contributed by atoms with van der Waals surface area (Å²) < 4.78 is 5.80. The SMILES string of the molecule is NCCCCCCCCCOCC1CCCCC1. The van der Waals surface area contributed by atoms with E-state index in [1.165, 1.54) is 77.0 Å². The first-order valence-electron chi connectivity index (χ1n) is 8.21. The molecule has 0 atom stereocenters. The smallest absolute Gasteiger partial charge is 0.0494 e. The highest BCUT2D eigenvalue weighted by Crippen LogP contribution is 2.23.